The lowest BCUT2D eigenvalue weighted by Gasteiger charge is -2.40. The number of amides is 3. The molecule has 1 atom stereocenters. The van der Waals surface area contributed by atoms with Crippen LogP contribution in [-0.2, 0) is 4.79 Å². The van der Waals surface area contributed by atoms with Crippen molar-refractivity contribution >= 4 is 40.4 Å². The highest BCUT2D eigenvalue weighted by molar-refractivity contribution is 7.09. The Morgan fingerprint density at radius 3 is 2.31 bits per heavy atom. The summed E-state index contributed by atoms with van der Waals surface area (Å²) in [6, 6.07) is 13.7. The Labute approximate surface area is 232 Å². The SMILES string of the molecule is Cc1ccc(N2CCN(C(=O)C3CCN(c4cccc5c4C(=O)N([C@H](C)c4nccs4)C5=O)CC3)CC2)cc1. The number of fused-ring (bicyclic) bond motifs is 1. The van der Waals surface area contributed by atoms with Crippen molar-refractivity contribution < 1.29 is 14.4 Å². The lowest BCUT2D eigenvalue weighted by atomic mass is 9.93. The summed E-state index contributed by atoms with van der Waals surface area (Å²) in [6.07, 6.45) is 3.17. The lowest BCUT2D eigenvalue weighted by Crippen LogP contribution is -2.51. The van der Waals surface area contributed by atoms with Crippen LogP contribution in [0.1, 0.15) is 57.1 Å². The van der Waals surface area contributed by atoms with Crippen molar-refractivity contribution in [2.75, 3.05) is 49.1 Å². The molecule has 3 aliphatic rings. The molecule has 0 unspecified atom stereocenters. The van der Waals surface area contributed by atoms with Crippen LogP contribution in [0.4, 0.5) is 11.4 Å². The Morgan fingerprint density at radius 2 is 1.64 bits per heavy atom. The molecule has 2 aromatic carbocycles. The number of carbonyl (C=O) groups is 3. The smallest absolute Gasteiger partial charge is 0.264 e. The van der Waals surface area contributed by atoms with E-state index in [9.17, 15) is 14.4 Å². The lowest BCUT2D eigenvalue weighted by molar-refractivity contribution is -0.136. The van der Waals surface area contributed by atoms with E-state index in [1.165, 1.54) is 27.5 Å². The zero-order valence-corrected chi connectivity index (χ0v) is 23.2. The molecule has 0 bridgehead atoms. The maximum Gasteiger partial charge on any atom is 0.264 e. The largest absolute Gasteiger partial charge is 0.371 e. The van der Waals surface area contributed by atoms with E-state index in [1.54, 1.807) is 12.3 Å². The van der Waals surface area contributed by atoms with Gasteiger partial charge in [0.25, 0.3) is 11.8 Å². The van der Waals surface area contributed by atoms with Crippen LogP contribution in [0, 0.1) is 12.8 Å². The highest BCUT2D eigenvalue weighted by atomic mass is 32.1. The number of piperazine rings is 1. The van der Waals surface area contributed by atoms with Crippen molar-refractivity contribution in [3.8, 4) is 0 Å². The number of nitrogens with zero attached hydrogens (tertiary/aromatic N) is 5. The second-order valence-corrected chi connectivity index (χ2v) is 11.6. The predicted octanol–water partition coefficient (Wildman–Crippen LogP) is 4.37. The number of benzene rings is 2. The van der Waals surface area contributed by atoms with Gasteiger partial charge in [0, 0.05) is 62.5 Å². The van der Waals surface area contributed by atoms with Crippen LogP contribution in [-0.4, -0.2) is 71.8 Å². The molecule has 9 heteroatoms. The van der Waals surface area contributed by atoms with Crippen LogP contribution in [0.25, 0.3) is 0 Å². The first-order valence-corrected chi connectivity index (χ1v) is 14.6. The average molecular weight is 544 g/mol. The molecule has 3 amide bonds. The van der Waals surface area contributed by atoms with Gasteiger partial charge in [-0.3, -0.25) is 19.3 Å². The van der Waals surface area contributed by atoms with Crippen molar-refractivity contribution in [3.63, 3.8) is 0 Å². The van der Waals surface area contributed by atoms with Gasteiger partial charge in [-0.25, -0.2) is 4.98 Å². The Bertz CT molecular complexity index is 1370. The quantitative estimate of drug-likeness (QED) is 0.445. The molecule has 39 heavy (non-hydrogen) atoms. The molecule has 0 spiro atoms. The molecule has 0 radical (unpaired) electrons. The third kappa shape index (κ3) is 4.69. The molecule has 3 aromatic rings. The molecular formula is C30H33N5O3S. The topological polar surface area (TPSA) is 77.1 Å². The first-order valence-electron chi connectivity index (χ1n) is 13.7. The molecule has 202 valence electrons. The van der Waals surface area contributed by atoms with Gasteiger partial charge >= 0.3 is 0 Å². The molecule has 0 N–H and O–H groups in total. The van der Waals surface area contributed by atoms with Crippen LogP contribution in [0.5, 0.6) is 0 Å². The second kappa shape index (κ2) is 10.4. The van der Waals surface area contributed by atoms with Crippen LogP contribution < -0.4 is 9.80 Å². The summed E-state index contributed by atoms with van der Waals surface area (Å²) in [5.74, 6) is -0.304. The van der Waals surface area contributed by atoms with Gasteiger partial charge in [0.1, 0.15) is 5.01 Å². The standard InChI is InChI=1S/C30H33N5O3S/c1-20-6-8-23(9-7-20)32-15-17-34(18-16-32)28(36)22-10-13-33(14-11-22)25-5-3-4-24-26(25)30(38)35(29(24)37)21(2)27-31-12-19-39-27/h3-9,12,19,21-22H,10-11,13-18H2,1-2H3/t21-/m1/s1. The van der Waals surface area contributed by atoms with Gasteiger partial charge in [-0.15, -0.1) is 11.3 Å². The molecule has 4 heterocycles. The monoisotopic (exact) mass is 543 g/mol. The highest BCUT2D eigenvalue weighted by Gasteiger charge is 2.42. The number of aryl methyl sites for hydroxylation is 1. The van der Waals surface area contributed by atoms with Crippen LogP contribution in [0.2, 0.25) is 0 Å². The minimum Gasteiger partial charge on any atom is -0.371 e. The molecule has 2 saturated heterocycles. The van der Waals surface area contributed by atoms with E-state index in [2.05, 4.69) is 46.0 Å². The summed E-state index contributed by atoms with van der Waals surface area (Å²) in [6.45, 7) is 8.46. The summed E-state index contributed by atoms with van der Waals surface area (Å²) >= 11 is 1.44. The van der Waals surface area contributed by atoms with Gasteiger partial charge in [0.05, 0.1) is 22.9 Å². The molecule has 0 saturated carbocycles. The van der Waals surface area contributed by atoms with E-state index in [-0.39, 0.29) is 23.6 Å². The van der Waals surface area contributed by atoms with Gasteiger partial charge < -0.3 is 14.7 Å². The first-order chi connectivity index (χ1) is 18.9. The Kier molecular flexibility index (Phi) is 6.85. The minimum absolute atomic E-state index is 0.0114. The summed E-state index contributed by atoms with van der Waals surface area (Å²) in [5, 5.41) is 2.59. The maximum atomic E-state index is 13.5. The van der Waals surface area contributed by atoms with Crippen LogP contribution in [0.15, 0.2) is 54.0 Å². The van der Waals surface area contributed by atoms with Crippen molar-refractivity contribution in [2.24, 2.45) is 5.92 Å². The van der Waals surface area contributed by atoms with Gasteiger partial charge in [0.15, 0.2) is 0 Å². The molecule has 0 aliphatic carbocycles. The fourth-order valence-electron chi connectivity index (χ4n) is 6.02. The fraction of sp³-hybridized carbons (Fsp3) is 0.400. The van der Waals surface area contributed by atoms with E-state index < -0.39 is 6.04 Å². The number of carbonyl (C=O) groups excluding carboxylic acids is 3. The normalized spacial score (nSPS) is 19.0. The number of imide groups is 1. The van der Waals surface area contributed by atoms with Gasteiger partial charge in [-0.1, -0.05) is 23.8 Å². The van der Waals surface area contributed by atoms with E-state index >= 15 is 0 Å². The molecule has 2 fully saturated rings. The molecular weight excluding hydrogens is 510 g/mol. The van der Waals surface area contributed by atoms with E-state index in [0.717, 1.165) is 49.7 Å². The number of piperidine rings is 1. The third-order valence-electron chi connectivity index (χ3n) is 8.30. The van der Waals surface area contributed by atoms with Gasteiger partial charge in [0.2, 0.25) is 5.91 Å². The van der Waals surface area contributed by atoms with E-state index in [1.807, 2.05) is 29.3 Å². The van der Waals surface area contributed by atoms with Gasteiger partial charge in [-0.2, -0.15) is 0 Å². The zero-order valence-electron chi connectivity index (χ0n) is 22.4. The number of anilines is 2. The summed E-state index contributed by atoms with van der Waals surface area (Å²) in [7, 11) is 0. The Morgan fingerprint density at radius 1 is 0.923 bits per heavy atom. The summed E-state index contributed by atoms with van der Waals surface area (Å²) in [4.78, 5) is 52.3. The number of rotatable bonds is 5. The number of hydrogen-bond acceptors (Lipinski definition) is 7. The molecule has 3 aliphatic heterocycles. The highest BCUT2D eigenvalue weighted by Crippen LogP contribution is 2.38. The molecule has 6 rings (SSSR count). The van der Waals surface area contributed by atoms with Crippen LogP contribution in [0.3, 0.4) is 0 Å². The second-order valence-electron chi connectivity index (χ2n) is 10.6. The predicted molar refractivity (Wildman–Crippen MR) is 152 cm³/mol. The summed E-state index contributed by atoms with van der Waals surface area (Å²) in [5.41, 5.74) is 4.17. The van der Waals surface area contributed by atoms with E-state index in [4.69, 9.17) is 0 Å². The molecule has 8 nitrogen and oxygen atoms in total. The average Bonchev–Trinajstić information content (AvgIpc) is 3.60. The van der Waals surface area contributed by atoms with Crippen molar-refractivity contribution in [2.45, 2.75) is 32.7 Å². The van der Waals surface area contributed by atoms with E-state index in [0.29, 0.717) is 24.2 Å². The summed E-state index contributed by atoms with van der Waals surface area (Å²) < 4.78 is 0. The maximum absolute atomic E-state index is 13.5. The van der Waals surface area contributed by atoms with Gasteiger partial charge in [-0.05, 0) is 51.0 Å². The Hall–Kier alpha value is -3.72. The third-order valence-corrected chi connectivity index (χ3v) is 9.24. The van der Waals surface area contributed by atoms with Crippen LogP contribution >= 0.6 is 11.3 Å². The Balaban J connectivity index is 1.09. The first kappa shape index (κ1) is 25.6. The number of aromatic nitrogens is 1. The number of thiazole rings is 1. The molecule has 1 aromatic heterocycles. The zero-order chi connectivity index (χ0) is 27.1. The fourth-order valence-corrected chi connectivity index (χ4v) is 6.70. The van der Waals surface area contributed by atoms with Crippen molar-refractivity contribution in [1.82, 2.24) is 14.8 Å². The van der Waals surface area contributed by atoms with Crippen molar-refractivity contribution in [1.29, 1.82) is 0 Å². The number of hydrogen-bond donors (Lipinski definition) is 0. The van der Waals surface area contributed by atoms with Crippen molar-refractivity contribution in [3.05, 3.63) is 75.7 Å². The minimum atomic E-state index is -0.417.